The van der Waals surface area contributed by atoms with Crippen LogP contribution in [-0.4, -0.2) is 19.2 Å². The predicted octanol–water partition coefficient (Wildman–Crippen LogP) is 1.87. The van der Waals surface area contributed by atoms with E-state index in [1.54, 1.807) is 0 Å². The van der Waals surface area contributed by atoms with E-state index in [1.165, 1.54) is 18.5 Å². The second-order valence-electron chi connectivity index (χ2n) is 3.88. The third-order valence-electron chi connectivity index (χ3n) is 2.75. The van der Waals surface area contributed by atoms with E-state index >= 15 is 0 Å². The lowest BCUT2D eigenvalue weighted by atomic mass is 10.1. The Hall–Kier alpha value is -1.10. The summed E-state index contributed by atoms with van der Waals surface area (Å²) >= 11 is 0. The van der Waals surface area contributed by atoms with E-state index in [0.717, 1.165) is 12.8 Å². The highest BCUT2D eigenvalue weighted by atomic mass is 32.2. The van der Waals surface area contributed by atoms with Crippen LogP contribution >= 0.6 is 0 Å². The van der Waals surface area contributed by atoms with Gasteiger partial charge in [0.1, 0.15) is 0 Å². The van der Waals surface area contributed by atoms with Crippen molar-refractivity contribution in [2.24, 2.45) is 5.92 Å². The van der Waals surface area contributed by atoms with Crippen molar-refractivity contribution in [2.45, 2.75) is 31.6 Å². The molecule has 2 N–H and O–H groups in total. The topological polar surface area (TPSA) is 73.0 Å². The molecule has 5 heteroatoms. The van der Waals surface area contributed by atoms with Gasteiger partial charge in [-0.1, -0.05) is 26.7 Å². The molecule has 0 amide bonds. The lowest BCUT2D eigenvalue weighted by Crippen LogP contribution is -2.16. The average molecular weight is 242 g/mol. The van der Waals surface area contributed by atoms with Crippen LogP contribution in [0.5, 0.6) is 0 Å². The Morgan fingerprint density at radius 1 is 1.38 bits per heavy atom. The van der Waals surface area contributed by atoms with Crippen LogP contribution in [0.2, 0.25) is 0 Å². The zero-order valence-corrected chi connectivity index (χ0v) is 10.5. The summed E-state index contributed by atoms with van der Waals surface area (Å²) in [6.07, 6.45) is 4.55. The average Bonchev–Trinajstić information content (AvgIpc) is 2.26. The van der Waals surface area contributed by atoms with Crippen molar-refractivity contribution >= 4 is 15.5 Å². The van der Waals surface area contributed by atoms with Gasteiger partial charge in [0.2, 0.25) is 0 Å². The Morgan fingerprint density at radius 3 is 2.50 bits per heavy atom. The van der Waals surface area contributed by atoms with Crippen LogP contribution in [0.25, 0.3) is 0 Å². The van der Waals surface area contributed by atoms with E-state index in [0.29, 0.717) is 0 Å². The smallest absolute Gasteiger partial charge is 0.180 e. The van der Waals surface area contributed by atoms with Gasteiger partial charge in [-0.15, -0.1) is 0 Å². The van der Waals surface area contributed by atoms with Gasteiger partial charge in [0, 0.05) is 6.20 Å². The number of hydrogen-bond acceptors (Lipinski definition) is 4. The van der Waals surface area contributed by atoms with Gasteiger partial charge in [-0.25, -0.2) is 8.42 Å². The summed E-state index contributed by atoms with van der Waals surface area (Å²) in [6, 6.07) is 1.47. The van der Waals surface area contributed by atoms with Gasteiger partial charge in [0.05, 0.1) is 22.5 Å². The Labute approximate surface area is 96.8 Å². The van der Waals surface area contributed by atoms with Gasteiger partial charge in [-0.2, -0.15) is 0 Å². The Bertz CT molecular complexity index is 439. The molecule has 90 valence electrons. The molecule has 0 saturated heterocycles. The number of nitrogens with zero attached hydrogens (tertiary/aromatic N) is 1. The molecule has 0 aliphatic carbocycles. The molecule has 0 atom stereocenters. The highest BCUT2D eigenvalue weighted by Gasteiger charge is 2.21. The fourth-order valence-electron chi connectivity index (χ4n) is 1.60. The molecule has 1 rings (SSSR count). The lowest BCUT2D eigenvalue weighted by Gasteiger charge is -2.13. The first kappa shape index (κ1) is 13.0. The van der Waals surface area contributed by atoms with Gasteiger partial charge in [0.25, 0.3) is 0 Å². The Balaban J connectivity index is 2.99. The fraction of sp³-hybridized carbons (Fsp3) is 0.545. The van der Waals surface area contributed by atoms with Crippen molar-refractivity contribution in [1.29, 1.82) is 0 Å². The standard InChI is InChI=1S/C11H18N2O2S/c1-3-9(4-2)8-16(14,15)11-5-6-13-7-10(11)12/h5-7,9H,3-4,8,12H2,1-2H3. The molecule has 4 nitrogen and oxygen atoms in total. The van der Waals surface area contributed by atoms with Crippen molar-refractivity contribution in [2.75, 3.05) is 11.5 Å². The number of sulfone groups is 1. The van der Waals surface area contributed by atoms with Crippen LogP contribution in [0, 0.1) is 5.92 Å². The van der Waals surface area contributed by atoms with Gasteiger partial charge < -0.3 is 5.73 Å². The molecule has 16 heavy (non-hydrogen) atoms. The monoisotopic (exact) mass is 242 g/mol. The fourth-order valence-corrected chi connectivity index (χ4v) is 3.55. The van der Waals surface area contributed by atoms with Crippen molar-refractivity contribution in [1.82, 2.24) is 4.98 Å². The molecule has 0 radical (unpaired) electrons. The van der Waals surface area contributed by atoms with E-state index in [-0.39, 0.29) is 22.3 Å². The van der Waals surface area contributed by atoms with Crippen LogP contribution in [-0.2, 0) is 9.84 Å². The summed E-state index contributed by atoms with van der Waals surface area (Å²) in [7, 11) is -3.28. The number of hydrogen-bond donors (Lipinski definition) is 1. The van der Waals surface area contributed by atoms with Gasteiger partial charge in [-0.05, 0) is 12.0 Å². The zero-order valence-electron chi connectivity index (χ0n) is 9.68. The molecule has 0 aromatic carbocycles. The minimum atomic E-state index is -3.28. The van der Waals surface area contributed by atoms with Crippen LogP contribution in [0.15, 0.2) is 23.4 Å². The van der Waals surface area contributed by atoms with Crippen molar-refractivity contribution in [3.63, 3.8) is 0 Å². The maximum atomic E-state index is 12.1. The van der Waals surface area contributed by atoms with Crippen LogP contribution in [0.3, 0.4) is 0 Å². The zero-order chi connectivity index (χ0) is 12.2. The first-order chi connectivity index (χ1) is 7.51. The van der Waals surface area contributed by atoms with E-state index in [4.69, 9.17) is 5.73 Å². The first-order valence-electron chi connectivity index (χ1n) is 5.43. The molecular formula is C11H18N2O2S. The third-order valence-corrected chi connectivity index (χ3v) is 4.71. The first-order valence-corrected chi connectivity index (χ1v) is 7.08. The van der Waals surface area contributed by atoms with Crippen LogP contribution in [0.1, 0.15) is 26.7 Å². The second kappa shape index (κ2) is 5.30. The molecule has 1 aromatic heterocycles. The normalized spacial score (nSPS) is 11.9. The van der Waals surface area contributed by atoms with E-state index in [1.807, 2.05) is 13.8 Å². The minimum absolute atomic E-state index is 0.161. The highest BCUT2D eigenvalue weighted by molar-refractivity contribution is 7.91. The summed E-state index contributed by atoms with van der Waals surface area (Å²) in [5.74, 6) is 0.353. The number of aromatic nitrogens is 1. The van der Waals surface area contributed by atoms with E-state index in [9.17, 15) is 8.42 Å². The molecular weight excluding hydrogens is 224 g/mol. The maximum Gasteiger partial charge on any atom is 0.180 e. The molecule has 0 aliphatic rings. The summed E-state index contributed by atoms with van der Waals surface area (Å²) in [4.78, 5) is 3.99. The van der Waals surface area contributed by atoms with Gasteiger partial charge >= 0.3 is 0 Å². The predicted molar refractivity (Wildman–Crippen MR) is 64.8 cm³/mol. The molecule has 1 aromatic rings. The summed E-state index contributed by atoms with van der Waals surface area (Å²) < 4.78 is 24.1. The van der Waals surface area contributed by atoms with Crippen molar-refractivity contribution < 1.29 is 8.42 Å². The number of pyridine rings is 1. The molecule has 1 heterocycles. The third kappa shape index (κ3) is 2.95. The number of nitrogen functional groups attached to an aromatic ring is 1. The molecule has 0 spiro atoms. The van der Waals surface area contributed by atoms with Crippen LogP contribution < -0.4 is 5.73 Å². The van der Waals surface area contributed by atoms with E-state index < -0.39 is 9.84 Å². The van der Waals surface area contributed by atoms with Crippen molar-refractivity contribution in [3.8, 4) is 0 Å². The Kier molecular flexibility index (Phi) is 4.29. The van der Waals surface area contributed by atoms with Crippen LogP contribution in [0.4, 0.5) is 5.69 Å². The SMILES string of the molecule is CCC(CC)CS(=O)(=O)c1ccncc1N. The maximum absolute atomic E-state index is 12.1. The Morgan fingerprint density at radius 2 is 2.00 bits per heavy atom. The summed E-state index contributed by atoms with van der Waals surface area (Å²) in [5, 5.41) is 0. The minimum Gasteiger partial charge on any atom is -0.396 e. The molecule has 0 aliphatic heterocycles. The largest absolute Gasteiger partial charge is 0.396 e. The molecule has 0 bridgehead atoms. The quantitative estimate of drug-likeness (QED) is 0.855. The van der Waals surface area contributed by atoms with E-state index in [2.05, 4.69) is 4.98 Å². The summed E-state index contributed by atoms with van der Waals surface area (Å²) in [6.45, 7) is 4.00. The lowest BCUT2D eigenvalue weighted by molar-refractivity contribution is 0.523. The van der Waals surface area contributed by atoms with Gasteiger partial charge in [-0.3, -0.25) is 4.98 Å². The summed E-state index contributed by atoms with van der Waals surface area (Å²) in [5.41, 5.74) is 5.85. The highest BCUT2D eigenvalue weighted by Crippen LogP contribution is 2.21. The van der Waals surface area contributed by atoms with Gasteiger partial charge in [0.15, 0.2) is 9.84 Å². The molecule has 0 saturated carbocycles. The number of nitrogens with two attached hydrogens (primary N) is 1. The molecule has 0 fully saturated rings. The number of anilines is 1. The second-order valence-corrected chi connectivity index (χ2v) is 5.88. The number of rotatable bonds is 5. The molecule has 0 unspecified atom stereocenters. The van der Waals surface area contributed by atoms with Crippen molar-refractivity contribution in [3.05, 3.63) is 18.5 Å².